The topological polar surface area (TPSA) is 66.0 Å². The number of nitrogens with one attached hydrogen (secondary N) is 3. The van der Waals surface area contributed by atoms with E-state index in [0.717, 1.165) is 30.6 Å². The Morgan fingerprint density at radius 1 is 1.28 bits per heavy atom. The average molecular weight is 442 g/mol. The number of allylic oxidation sites excluding steroid dienone is 1. The molecule has 1 amide bonds. The van der Waals surface area contributed by atoms with Crippen LogP contribution in [-0.2, 0) is 4.79 Å². The third-order valence-electron chi connectivity index (χ3n) is 5.66. The molecule has 1 aromatic carbocycles. The van der Waals surface area contributed by atoms with Crippen LogP contribution in [0.4, 0.5) is 18.9 Å². The van der Waals surface area contributed by atoms with E-state index in [-0.39, 0.29) is 23.6 Å². The molecule has 1 aromatic heterocycles. The van der Waals surface area contributed by atoms with E-state index >= 15 is 0 Å². The van der Waals surface area contributed by atoms with Crippen molar-refractivity contribution in [2.75, 3.05) is 18.9 Å². The monoisotopic (exact) mass is 442 g/mol. The molecule has 8 heteroatoms. The fourth-order valence-corrected chi connectivity index (χ4v) is 3.63. The van der Waals surface area contributed by atoms with Gasteiger partial charge in [0.25, 0.3) is 0 Å². The number of hydrogen-bond acceptors (Lipinski definition) is 4. The van der Waals surface area contributed by atoms with Crippen molar-refractivity contribution in [3.8, 4) is 0 Å². The molecule has 2 aliphatic carbocycles. The van der Waals surface area contributed by atoms with Crippen LogP contribution in [0.3, 0.4) is 0 Å². The molecule has 0 bridgehead atoms. The second-order valence-electron chi connectivity index (χ2n) is 8.09. The highest BCUT2D eigenvalue weighted by Gasteiger charge is 2.35. The van der Waals surface area contributed by atoms with Crippen LogP contribution < -0.4 is 16.0 Å². The summed E-state index contributed by atoms with van der Waals surface area (Å²) in [4.78, 5) is 16.0. The lowest BCUT2D eigenvalue weighted by Gasteiger charge is -2.27. The van der Waals surface area contributed by atoms with Crippen molar-refractivity contribution < 1.29 is 18.0 Å². The van der Waals surface area contributed by atoms with E-state index in [2.05, 4.69) is 27.5 Å². The van der Waals surface area contributed by atoms with Gasteiger partial charge in [-0.3, -0.25) is 4.79 Å². The van der Waals surface area contributed by atoms with Gasteiger partial charge in [0, 0.05) is 48.1 Å². The van der Waals surface area contributed by atoms with E-state index in [1.165, 1.54) is 0 Å². The molecule has 168 valence electrons. The van der Waals surface area contributed by atoms with E-state index in [9.17, 15) is 18.0 Å². The van der Waals surface area contributed by atoms with Gasteiger partial charge in [-0.05, 0) is 37.1 Å². The molecule has 0 radical (unpaired) electrons. The second-order valence-corrected chi connectivity index (χ2v) is 8.09. The van der Waals surface area contributed by atoms with Gasteiger partial charge in [0.1, 0.15) is 0 Å². The van der Waals surface area contributed by atoms with Crippen LogP contribution in [0.25, 0.3) is 22.4 Å². The predicted octanol–water partition coefficient (Wildman–Crippen LogP) is 4.64. The Morgan fingerprint density at radius 3 is 2.69 bits per heavy atom. The molecule has 1 unspecified atom stereocenters. The van der Waals surface area contributed by atoms with Crippen molar-refractivity contribution >= 4 is 34.0 Å². The number of halogens is 3. The lowest BCUT2D eigenvalue weighted by Crippen LogP contribution is -2.30. The molecule has 2 aromatic rings. The summed E-state index contributed by atoms with van der Waals surface area (Å²) in [5.41, 5.74) is 1.04. The summed E-state index contributed by atoms with van der Waals surface area (Å²) in [6, 6.07) is 7.03. The standard InChI is InChI=1S/C24H25F3N4O/c1-14(24(25,26)27)22-19-6-3-7-21(30-18-11-17(12-18)28-2)20(19)13-16(31-22)5-4-10-29-23(32)15-8-9-15/h3-7,11,13,15,18,28,30H,1,8-10,12H2,2H3,(H,29,32)/b5-4+. The van der Waals surface area contributed by atoms with Crippen LogP contribution >= 0.6 is 0 Å². The normalized spacial score (nSPS) is 18.2. The van der Waals surface area contributed by atoms with Gasteiger partial charge in [0.15, 0.2) is 0 Å². The summed E-state index contributed by atoms with van der Waals surface area (Å²) in [7, 11) is 1.85. The zero-order valence-corrected chi connectivity index (χ0v) is 17.7. The highest BCUT2D eigenvalue weighted by atomic mass is 19.4. The highest BCUT2D eigenvalue weighted by molar-refractivity contribution is 6.01. The van der Waals surface area contributed by atoms with Crippen LogP contribution in [0.2, 0.25) is 0 Å². The third-order valence-corrected chi connectivity index (χ3v) is 5.66. The zero-order chi connectivity index (χ0) is 22.9. The second kappa shape index (κ2) is 8.68. The third kappa shape index (κ3) is 4.79. The minimum atomic E-state index is -4.59. The molecule has 1 saturated carbocycles. The first-order valence-electron chi connectivity index (χ1n) is 10.6. The smallest absolute Gasteiger partial charge is 0.392 e. The number of rotatable bonds is 8. The highest BCUT2D eigenvalue weighted by Crippen LogP contribution is 2.37. The minimum absolute atomic E-state index is 0.00763. The van der Waals surface area contributed by atoms with Gasteiger partial charge < -0.3 is 16.0 Å². The van der Waals surface area contributed by atoms with E-state index in [1.807, 2.05) is 19.2 Å². The Balaban J connectivity index is 1.66. The maximum Gasteiger partial charge on any atom is 0.417 e. The number of carbonyl (C=O) groups is 1. The van der Waals surface area contributed by atoms with Crippen LogP contribution in [0.15, 0.2) is 48.7 Å². The van der Waals surface area contributed by atoms with Crippen molar-refractivity contribution in [3.63, 3.8) is 0 Å². The molecular formula is C24H25F3N4O. The fraction of sp³-hybridized carbons (Fsp3) is 0.333. The maximum atomic E-state index is 13.5. The lowest BCUT2D eigenvalue weighted by atomic mass is 9.97. The number of alkyl halides is 3. The molecule has 4 rings (SSSR count). The Kier molecular flexibility index (Phi) is 5.95. The molecule has 0 spiro atoms. The first-order valence-corrected chi connectivity index (χ1v) is 10.6. The number of anilines is 1. The van der Waals surface area contributed by atoms with Gasteiger partial charge in [-0.25, -0.2) is 4.98 Å². The van der Waals surface area contributed by atoms with Crippen molar-refractivity contribution in [1.82, 2.24) is 15.6 Å². The van der Waals surface area contributed by atoms with Crippen molar-refractivity contribution in [3.05, 3.63) is 60.1 Å². The van der Waals surface area contributed by atoms with Crippen molar-refractivity contribution in [1.29, 1.82) is 0 Å². The summed E-state index contributed by atoms with van der Waals surface area (Å²) < 4.78 is 40.5. The molecule has 3 N–H and O–H groups in total. The number of aromatic nitrogens is 1. The van der Waals surface area contributed by atoms with E-state index in [0.29, 0.717) is 23.0 Å². The molecule has 2 aliphatic rings. The molecule has 0 saturated heterocycles. The number of fused-ring (bicyclic) bond motifs is 1. The Labute approximate surface area is 184 Å². The lowest BCUT2D eigenvalue weighted by molar-refractivity contribution is -0.122. The van der Waals surface area contributed by atoms with Gasteiger partial charge >= 0.3 is 6.18 Å². The van der Waals surface area contributed by atoms with Gasteiger partial charge in [-0.1, -0.05) is 24.8 Å². The van der Waals surface area contributed by atoms with Crippen molar-refractivity contribution in [2.45, 2.75) is 31.5 Å². The number of carbonyl (C=O) groups excluding carboxylic acids is 1. The van der Waals surface area contributed by atoms with Gasteiger partial charge in [0.2, 0.25) is 5.91 Å². The molecule has 0 aliphatic heterocycles. The molecule has 32 heavy (non-hydrogen) atoms. The summed E-state index contributed by atoms with van der Waals surface area (Å²) in [6.07, 6.45) is 3.39. The largest absolute Gasteiger partial charge is 0.417 e. The number of hydrogen-bond donors (Lipinski definition) is 3. The summed E-state index contributed by atoms with van der Waals surface area (Å²) in [5, 5.41) is 10.3. The molecule has 1 fully saturated rings. The molecule has 1 atom stereocenters. The van der Waals surface area contributed by atoms with E-state index < -0.39 is 11.7 Å². The number of benzene rings is 1. The van der Waals surface area contributed by atoms with E-state index in [1.54, 1.807) is 30.4 Å². The maximum absolute atomic E-state index is 13.5. The number of amides is 1. The first kappa shape index (κ1) is 21.9. The molecule has 1 heterocycles. The van der Waals surface area contributed by atoms with Crippen LogP contribution in [-0.4, -0.2) is 36.7 Å². The SMILES string of the molecule is C=C(c1nc(/C=C/CNC(=O)C2CC2)cc2c(NC3C=C(NC)C3)cccc12)C(F)(F)F. The Morgan fingerprint density at radius 2 is 2.03 bits per heavy atom. The average Bonchev–Trinajstić information content (AvgIpc) is 3.57. The van der Waals surface area contributed by atoms with Gasteiger partial charge in [-0.2, -0.15) is 13.2 Å². The van der Waals surface area contributed by atoms with Gasteiger partial charge in [0.05, 0.1) is 23.0 Å². The molecular weight excluding hydrogens is 417 g/mol. The van der Waals surface area contributed by atoms with Crippen molar-refractivity contribution in [2.24, 2.45) is 5.92 Å². The predicted molar refractivity (Wildman–Crippen MR) is 121 cm³/mol. The first-order chi connectivity index (χ1) is 15.3. The summed E-state index contributed by atoms with van der Waals surface area (Å²) in [6.45, 7) is 3.56. The quantitative estimate of drug-likeness (QED) is 0.558. The number of pyridine rings is 1. The summed E-state index contributed by atoms with van der Waals surface area (Å²) in [5.74, 6) is 0.106. The van der Waals surface area contributed by atoms with Crippen LogP contribution in [0.5, 0.6) is 0 Å². The van der Waals surface area contributed by atoms with Gasteiger partial charge in [-0.15, -0.1) is 0 Å². The van der Waals surface area contributed by atoms with Crippen LogP contribution in [0, 0.1) is 5.92 Å². The fourth-order valence-electron chi connectivity index (χ4n) is 3.63. The summed E-state index contributed by atoms with van der Waals surface area (Å²) >= 11 is 0. The Bertz CT molecular complexity index is 1120. The zero-order valence-electron chi connectivity index (χ0n) is 17.7. The minimum Gasteiger partial charge on any atom is -0.392 e. The molecule has 5 nitrogen and oxygen atoms in total. The number of nitrogens with zero attached hydrogens (tertiary/aromatic N) is 1. The van der Waals surface area contributed by atoms with Crippen LogP contribution in [0.1, 0.15) is 30.7 Å². The Hall–Kier alpha value is -3.29. The van der Waals surface area contributed by atoms with E-state index in [4.69, 9.17) is 0 Å².